The summed E-state index contributed by atoms with van der Waals surface area (Å²) in [5.41, 5.74) is 4.20. The number of hydrogen-bond acceptors (Lipinski definition) is 4. The molecule has 126 valence electrons. The fourth-order valence-corrected chi connectivity index (χ4v) is 2.86. The lowest BCUT2D eigenvalue weighted by atomic mass is 9.99. The minimum atomic E-state index is -0.473. The van der Waals surface area contributed by atoms with Gasteiger partial charge in [-0.25, -0.2) is 0 Å². The van der Waals surface area contributed by atoms with Gasteiger partial charge in [-0.2, -0.15) is 0 Å². The van der Waals surface area contributed by atoms with Crippen molar-refractivity contribution in [3.63, 3.8) is 0 Å². The summed E-state index contributed by atoms with van der Waals surface area (Å²) < 4.78 is 0. The number of hydrogen-bond donors (Lipinski definition) is 1. The van der Waals surface area contributed by atoms with E-state index in [1.165, 1.54) is 24.3 Å². The molecule has 0 aliphatic heterocycles. The summed E-state index contributed by atoms with van der Waals surface area (Å²) >= 11 is 0. The smallest absolute Gasteiger partial charge is 0.269 e. The van der Waals surface area contributed by atoms with Gasteiger partial charge in [0.1, 0.15) is 0 Å². The molecule has 0 aliphatic rings. The summed E-state index contributed by atoms with van der Waals surface area (Å²) in [6.45, 7) is 3.89. The van der Waals surface area contributed by atoms with Crippen LogP contribution >= 0.6 is 0 Å². The van der Waals surface area contributed by atoms with Gasteiger partial charge in [0, 0.05) is 28.9 Å². The molecule has 0 atom stereocenters. The van der Waals surface area contributed by atoms with Gasteiger partial charge in [-0.1, -0.05) is 18.2 Å². The van der Waals surface area contributed by atoms with Crippen molar-refractivity contribution >= 4 is 28.2 Å². The molecule has 1 amide bonds. The highest BCUT2D eigenvalue weighted by molar-refractivity contribution is 5.94. The molecule has 0 aliphatic carbocycles. The number of nitrogens with zero attached hydrogens (tertiary/aromatic N) is 2. The molecule has 1 N–H and O–H groups in total. The number of aromatic nitrogens is 1. The molecule has 0 saturated heterocycles. The van der Waals surface area contributed by atoms with Crippen molar-refractivity contribution in [1.82, 2.24) is 4.98 Å². The highest BCUT2D eigenvalue weighted by Crippen LogP contribution is 2.23. The number of non-ortho nitro benzene ring substituents is 1. The Labute approximate surface area is 144 Å². The maximum absolute atomic E-state index is 12.4. The lowest BCUT2D eigenvalue weighted by molar-refractivity contribution is -0.384. The first-order valence-corrected chi connectivity index (χ1v) is 7.85. The average molecular weight is 335 g/mol. The van der Waals surface area contributed by atoms with Crippen LogP contribution in [0, 0.1) is 24.0 Å². The summed E-state index contributed by atoms with van der Waals surface area (Å²) in [6.07, 6.45) is 0.201. The first-order valence-electron chi connectivity index (χ1n) is 7.85. The Hall–Kier alpha value is -3.28. The topological polar surface area (TPSA) is 85.1 Å². The number of amides is 1. The highest BCUT2D eigenvalue weighted by atomic mass is 16.6. The van der Waals surface area contributed by atoms with Gasteiger partial charge >= 0.3 is 0 Å². The summed E-state index contributed by atoms with van der Waals surface area (Å²) in [7, 11) is 0. The number of carbonyl (C=O) groups excluding carboxylic acids is 1. The molecule has 0 bridgehead atoms. The van der Waals surface area contributed by atoms with Crippen LogP contribution in [0.15, 0.2) is 48.5 Å². The number of nitro groups is 1. The number of fused-ring (bicyclic) bond motifs is 1. The van der Waals surface area contributed by atoms with Crippen LogP contribution in [0.3, 0.4) is 0 Å². The van der Waals surface area contributed by atoms with Crippen molar-refractivity contribution in [3.8, 4) is 0 Å². The third-order valence-electron chi connectivity index (χ3n) is 4.18. The van der Waals surface area contributed by atoms with Crippen LogP contribution in [0.25, 0.3) is 10.9 Å². The van der Waals surface area contributed by atoms with Crippen molar-refractivity contribution in [1.29, 1.82) is 0 Å². The molecule has 6 nitrogen and oxygen atoms in total. The van der Waals surface area contributed by atoms with Crippen LogP contribution in [0.2, 0.25) is 0 Å². The molecule has 6 heteroatoms. The molecule has 1 heterocycles. The van der Waals surface area contributed by atoms with Crippen molar-refractivity contribution in [3.05, 3.63) is 75.5 Å². The van der Waals surface area contributed by atoms with Crippen LogP contribution < -0.4 is 5.32 Å². The van der Waals surface area contributed by atoms with Gasteiger partial charge in [-0.3, -0.25) is 19.9 Å². The standard InChI is InChI=1S/C19H17N3O3/c1-12-16-5-3-4-6-18(16)20-13(2)17(12)11-19(23)21-14-7-9-15(10-8-14)22(24)25/h3-10H,11H2,1-2H3,(H,21,23). The third kappa shape index (κ3) is 3.47. The molecule has 0 radical (unpaired) electrons. The lowest BCUT2D eigenvalue weighted by Crippen LogP contribution is -2.16. The fraction of sp³-hybridized carbons (Fsp3) is 0.158. The second kappa shape index (κ2) is 6.68. The quantitative estimate of drug-likeness (QED) is 0.578. The van der Waals surface area contributed by atoms with Crippen LogP contribution in [0.4, 0.5) is 11.4 Å². The van der Waals surface area contributed by atoms with Gasteiger partial charge in [-0.05, 0) is 43.2 Å². The zero-order valence-electron chi connectivity index (χ0n) is 13.9. The number of nitro benzene ring substituents is 1. The molecule has 0 unspecified atom stereocenters. The van der Waals surface area contributed by atoms with E-state index in [9.17, 15) is 14.9 Å². The number of carbonyl (C=O) groups is 1. The summed E-state index contributed by atoms with van der Waals surface area (Å²) in [5.74, 6) is -0.183. The minimum absolute atomic E-state index is 0.0107. The second-order valence-corrected chi connectivity index (χ2v) is 5.85. The normalized spacial score (nSPS) is 10.6. The number of para-hydroxylation sites is 1. The first kappa shape index (κ1) is 16.6. The van der Waals surface area contributed by atoms with Gasteiger partial charge in [0.15, 0.2) is 0 Å². The fourth-order valence-electron chi connectivity index (χ4n) is 2.86. The molecule has 3 aromatic rings. The van der Waals surface area contributed by atoms with Crippen LogP contribution in [-0.2, 0) is 11.2 Å². The first-order chi connectivity index (χ1) is 12.0. The highest BCUT2D eigenvalue weighted by Gasteiger charge is 2.13. The van der Waals surface area contributed by atoms with E-state index in [1.54, 1.807) is 0 Å². The van der Waals surface area contributed by atoms with E-state index in [1.807, 2.05) is 38.1 Å². The Bertz CT molecular complexity index is 966. The molecule has 0 spiro atoms. The van der Waals surface area contributed by atoms with E-state index in [-0.39, 0.29) is 18.0 Å². The summed E-state index contributed by atoms with van der Waals surface area (Å²) in [5, 5.41) is 14.5. The Kier molecular flexibility index (Phi) is 4.43. The predicted octanol–water partition coefficient (Wildman–Crippen LogP) is 3.94. The number of rotatable bonds is 4. The molecule has 25 heavy (non-hydrogen) atoms. The van der Waals surface area contributed by atoms with Crippen LogP contribution in [-0.4, -0.2) is 15.8 Å². The molecule has 3 rings (SSSR count). The molecule has 1 aromatic heterocycles. The Morgan fingerprint density at radius 1 is 1.12 bits per heavy atom. The molecule has 0 saturated carbocycles. The number of anilines is 1. The van der Waals surface area contributed by atoms with Gasteiger partial charge < -0.3 is 5.32 Å². The summed E-state index contributed by atoms with van der Waals surface area (Å²) in [4.78, 5) is 27.1. The minimum Gasteiger partial charge on any atom is -0.326 e. The van der Waals surface area contributed by atoms with Crippen LogP contribution in [0.5, 0.6) is 0 Å². The number of pyridine rings is 1. The van der Waals surface area contributed by atoms with E-state index in [4.69, 9.17) is 0 Å². The van der Waals surface area contributed by atoms with Crippen LogP contribution in [0.1, 0.15) is 16.8 Å². The van der Waals surface area contributed by atoms with Gasteiger partial charge in [0.25, 0.3) is 5.69 Å². The second-order valence-electron chi connectivity index (χ2n) is 5.85. The van der Waals surface area contributed by atoms with Gasteiger partial charge in [0.2, 0.25) is 5.91 Å². The number of nitrogens with one attached hydrogen (secondary N) is 1. The van der Waals surface area contributed by atoms with Crippen molar-refractivity contribution < 1.29 is 9.72 Å². The predicted molar refractivity (Wildman–Crippen MR) is 96.6 cm³/mol. The molecular formula is C19H17N3O3. The zero-order valence-corrected chi connectivity index (χ0v) is 13.9. The maximum atomic E-state index is 12.4. The number of aryl methyl sites for hydroxylation is 2. The van der Waals surface area contributed by atoms with Crippen molar-refractivity contribution in [2.24, 2.45) is 0 Å². The van der Waals surface area contributed by atoms with E-state index in [0.717, 1.165) is 27.7 Å². The molecular weight excluding hydrogens is 318 g/mol. The largest absolute Gasteiger partial charge is 0.326 e. The third-order valence-corrected chi connectivity index (χ3v) is 4.18. The Balaban J connectivity index is 1.81. The lowest BCUT2D eigenvalue weighted by Gasteiger charge is -2.12. The summed E-state index contributed by atoms with van der Waals surface area (Å²) in [6, 6.07) is 13.6. The Morgan fingerprint density at radius 2 is 1.80 bits per heavy atom. The average Bonchev–Trinajstić information content (AvgIpc) is 2.59. The van der Waals surface area contributed by atoms with E-state index >= 15 is 0 Å². The van der Waals surface area contributed by atoms with Crippen molar-refractivity contribution in [2.45, 2.75) is 20.3 Å². The van der Waals surface area contributed by atoms with Crippen molar-refractivity contribution in [2.75, 3.05) is 5.32 Å². The molecule has 2 aromatic carbocycles. The van der Waals surface area contributed by atoms with E-state index in [2.05, 4.69) is 10.3 Å². The van der Waals surface area contributed by atoms with E-state index < -0.39 is 4.92 Å². The van der Waals surface area contributed by atoms with Gasteiger partial charge in [0.05, 0.1) is 16.9 Å². The monoisotopic (exact) mass is 335 g/mol. The SMILES string of the molecule is Cc1nc2ccccc2c(C)c1CC(=O)Nc1ccc([N+](=O)[O-])cc1. The number of benzene rings is 2. The van der Waals surface area contributed by atoms with Gasteiger partial charge in [-0.15, -0.1) is 0 Å². The zero-order chi connectivity index (χ0) is 18.0. The Morgan fingerprint density at radius 3 is 2.48 bits per heavy atom. The molecule has 0 fully saturated rings. The maximum Gasteiger partial charge on any atom is 0.269 e. The van der Waals surface area contributed by atoms with E-state index in [0.29, 0.717) is 5.69 Å².